The summed E-state index contributed by atoms with van der Waals surface area (Å²) in [5.74, 6) is 3.32. The molecule has 14 rings (SSSR count). The lowest BCUT2D eigenvalue weighted by Crippen LogP contribution is -2.55. The Morgan fingerprint density at radius 1 is 0.322 bits per heavy atom. The maximum Gasteiger partial charge on any atom is 0.0540 e. The van der Waals surface area contributed by atoms with Crippen molar-refractivity contribution in [1.82, 2.24) is 0 Å². The van der Waals surface area contributed by atoms with Crippen LogP contribution in [0.5, 0.6) is 0 Å². The van der Waals surface area contributed by atoms with Crippen molar-refractivity contribution in [3.8, 4) is 66.8 Å². The normalized spacial score (nSPS) is 22.3. The summed E-state index contributed by atoms with van der Waals surface area (Å²) >= 11 is 0. The zero-order chi connectivity index (χ0) is 38.7. The summed E-state index contributed by atoms with van der Waals surface area (Å²) in [4.78, 5) is 2.55. The summed E-state index contributed by atoms with van der Waals surface area (Å²) in [6, 6.07) is 71.2. The van der Waals surface area contributed by atoms with E-state index in [1.165, 1.54) is 110 Å². The van der Waals surface area contributed by atoms with Gasteiger partial charge in [0, 0.05) is 22.4 Å². The maximum atomic E-state index is 2.57. The molecule has 1 heteroatoms. The van der Waals surface area contributed by atoms with E-state index in [4.69, 9.17) is 0 Å². The van der Waals surface area contributed by atoms with Crippen LogP contribution in [0, 0.1) is 23.7 Å². The molecule has 282 valence electrons. The SMILES string of the molecule is c1ccc(-c2ccccc2N(c2ccc3c(c2)-c2ccccc2-c2ccccc2-c2ccccc2-3)c2ccc3c(c2)-c2ccccc2C32C3CC4CC(C3)CC2C4)cc1. The predicted octanol–water partition coefficient (Wildman–Crippen LogP) is 15.5. The van der Waals surface area contributed by atoms with Crippen LogP contribution in [0.3, 0.4) is 0 Å². The van der Waals surface area contributed by atoms with E-state index in [1.54, 1.807) is 11.1 Å². The van der Waals surface area contributed by atoms with Crippen LogP contribution in [0.1, 0.15) is 43.2 Å². The van der Waals surface area contributed by atoms with Crippen LogP contribution in [0.2, 0.25) is 0 Å². The van der Waals surface area contributed by atoms with Gasteiger partial charge in [-0.05, 0) is 158 Å². The molecule has 0 atom stereocenters. The number of fused-ring (bicyclic) bond motifs is 11. The van der Waals surface area contributed by atoms with Crippen LogP contribution < -0.4 is 4.90 Å². The molecular formula is C58H45N. The van der Waals surface area contributed by atoms with Gasteiger partial charge in [-0.3, -0.25) is 0 Å². The highest BCUT2D eigenvalue weighted by atomic mass is 15.1. The molecule has 0 heterocycles. The number of rotatable bonds is 4. The Balaban J connectivity index is 1.06. The van der Waals surface area contributed by atoms with E-state index in [0.717, 1.165) is 29.4 Å². The molecule has 1 nitrogen and oxygen atoms in total. The molecule has 0 aliphatic heterocycles. The van der Waals surface area contributed by atoms with Crippen LogP contribution in [0.25, 0.3) is 66.8 Å². The summed E-state index contributed by atoms with van der Waals surface area (Å²) < 4.78 is 0. The lowest BCUT2D eigenvalue weighted by molar-refractivity contribution is -0.0399. The summed E-state index contributed by atoms with van der Waals surface area (Å²) in [7, 11) is 0. The zero-order valence-corrected chi connectivity index (χ0v) is 33.2. The average molecular weight is 756 g/mol. The quantitative estimate of drug-likeness (QED) is 0.173. The van der Waals surface area contributed by atoms with Crippen molar-refractivity contribution in [1.29, 1.82) is 0 Å². The van der Waals surface area contributed by atoms with Crippen molar-refractivity contribution in [3.63, 3.8) is 0 Å². The summed E-state index contributed by atoms with van der Waals surface area (Å²) in [5.41, 5.74) is 22.3. The van der Waals surface area contributed by atoms with Crippen LogP contribution >= 0.6 is 0 Å². The zero-order valence-electron chi connectivity index (χ0n) is 33.2. The van der Waals surface area contributed by atoms with Gasteiger partial charge in [0.25, 0.3) is 0 Å². The maximum absolute atomic E-state index is 2.57. The minimum Gasteiger partial charge on any atom is -0.310 e. The van der Waals surface area contributed by atoms with Gasteiger partial charge < -0.3 is 4.90 Å². The standard InChI is InChI=1S/C58H45N/c1-2-14-39(15-3-1)44-16-11-13-25-57(44)59(43-27-29-56-54(36-43)52-23-10-12-24-55(52)58(56)40-31-37-30-38(33-40)34-41(58)32-37)42-26-28-51-49-21-7-6-19-47(49)45-17-4-5-18-46(45)48-20-8-9-22-50(48)53(51)35-42/h1-29,35-38,40-41H,30-34H2. The molecule has 0 amide bonds. The fraction of sp³-hybridized carbons (Fsp3) is 0.172. The number of nitrogens with zero attached hydrogens (tertiary/aromatic N) is 1. The van der Waals surface area contributed by atoms with Gasteiger partial charge in [-0.15, -0.1) is 0 Å². The number of hydrogen-bond donors (Lipinski definition) is 0. The first-order valence-corrected chi connectivity index (χ1v) is 21.9. The second-order valence-electron chi connectivity index (χ2n) is 18.0. The molecule has 0 saturated heterocycles. The van der Waals surface area contributed by atoms with Crippen LogP contribution in [0.15, 0.2) is 188 Å². The highest BCUT2D eigenvalue weighted by molar-refractivity contribution is 6.04. The van der Waals surface area contributed by atoms with Crippen molar-refractivity contribution in [2.24, 2.45) is 23.7 Å². The van der Waals surface area contributed by atoms with Gasteiger partial charge in [0.05, 0.1) is 5.69 Å². The van der Waals surface area contributed by atoms with Crippen molar-refractivity contribution in [2.75, 3.05) is 4.90 Å². The van der Waals surface area contributed by atoms with E-state index in [-0.39, 0.29) is 5.41 Å². The lowest BCUT2D eigenvalue weighted by atomic mass is 9.43. The van der Waals surface area contributed by atoms with E-state index >= 15 is 0 Å². The summed E-state index contributed by atoms with van der Waals surface area (Å²) in [6.07, 6.45) is 7.04. The topological polar surface area (TPSA) is 3.24 Å². The molecule has 4 saturated carbocycles. The first-order valence-electron chi connectivity index (χ1n) is 21.9. The fourth-order valence-electron chi connectivity index (χ4n) is 13.2. The van der Waals surface area contributed by atoms with Crippen LogP contribution in [-0.2, 0) is 5.41 Å². The number of benzene rings is 8. The Bertz CT molecular complexity index is 2940. The molecule has 6 aliphatic carbocycles. The highest BCUT2D eigenvalue weighted by Gasteiger charge is 2.61. The molecule has 0 N–H and O–H groups in total. The Labute approximate surface area is 347 Å². The minimum absolute atomic E-state index is 0.140. The average Bonchev–Trinajstić information content (AvgIpc) is 3.58. The van der Waals surface area contributed by atoms with Gasteiger partial charge in [0.2, 0.25) is 0 Å². The number of anilines is 3. The molecule has 4 fully saturated rings. The molecule has 1 spiro atoms. The van der Waals surface area contributed by atoms with Crippen molar-refractivity contribution >= 4 is 17.1 Å². The number of hydrogen-bond acceptors (Lipinski definition) is 1. The van der Waals surface area contributed by atoms with Gasteiger partial charge in [-0.25, -0.2) is 0 Å². The molecule has 59 heavy (non-hydrogen) atoms. The van der Waals surface area contributed by atoms with E-state index in [0.29, 0.717) is 0 Å². The molecular weight excluding hydrogens is 711 g/mol. The third kappa shape index (κ3) is 4.79. The van der Waals surface area contributed by atoms with Gasteiger partial charge in [-0.1, -0.05) is 158 Å². The minimum atomic E-state index is 0.140. The van der Waals surface area contributed by atoms with Crippen LogP contribution in [0.4, 0.5) is 17.1 Å². The third-order valence-corrected chi connectivity index (χ3v) is 15.2. The molecule has 0 aromatic heterocycles. The van der Waals surface area contributed by atoms with Crippen LogP contribution in [-0.4, -0.2) is 0 Å². The van der Waals surface area contributed by atoms with Gasteiger partial charge in [0.1, 0.15) is 0 Å². The predicted molar refractivity (Wildman–Crippen MR) is 245 cm³/mol. The highest BCUT2D eigenvalue weighted by Crippen LogP contribution is 2.69. The largest absolute Gasteiger partial charge is 0.310 e. The monoisotopic (exact) mass is 755 g/mol. The Hall–Kier alpha value is -6.44. The molecule has 4 bridgehead atoms. The third-order valence-electron chi connectivity index (χ3n) is 15.2. The summed E-state index contributed by atoms with van der Waals surface area (Å²) in [6.45, 7) is 0. The summed E-state index contributed by atoms with van der Waals surface area (Å²) in [5, 5.41) is 0. The first-order chi connectivity index (χ1) is 29.2. The van der Waals surface area contributed by atoms with Crippen molar-refractivity contribution < 1.29 is 0 Å². The molecule has 6 aliphatic rings. The first kappa shape index (κ1) is 33.5. The van der Waals surface area contributed by atoms with E-state index in [1.807, 2.05) is 0 Å². The fourth-order valence-corrected chi connectivity index (χ4v) is 13.2. The molecule has 0 unspecified atom stereocenters. The van der Waals surface area contributed by atoms with Gasteiger partial charge in [-0.2, -0.15) is 0 Å². The Morgan fingerprint density at radius 3 is 1.34 bits per heavy atom. The smallest absolute Gasteiger partial charge is 0.0540 e. The molecule has 0 radical (unpaired) electrons. The van der Waals surface area contributed by atoms with Gasteiger partial charge in [0.15, 0.2) is 0 Å². The van der Waals surface area contributed by atoms with Gasteiger partial charge >= 0.3 is 0 Å². The van der Waals surface area contributed by atoms with E-state index < -0.39 is 0 Å². The Kier molecular flexibility index (Phi) is 7.26. The van der Waals surface area contributed by atoms with Crippen molar-refractivity contribution in [3.05, 3.63) is 199 Å². The second kappa shape index (κ2) is 12.8. The van der Waals surface area contributed by atoms with E-state index in [2.05, 4.69) is 193 Å². The number of para-hydroxylation sites is 1. The lowest BCUT2D eigenvalue weighted by Gasteiger charge is -2.61. The van der Waals surface area contributed by atoms with E-state index in [9.17, 15) is 0 Å². The van der Waals surface area contributed by atoms with Crippen molar-refractivity contribution in [2.45, 2.75) is 37.5 Å². The molecule has 8 aromatic rings. The molecule has 8 aromatic carbocycles. The second-order valence-corrected chi connectivity index (χ2v) is 18.0. The Morgan fingerprint density at radius 2 is 0.746 bits per heavy atom.